The zero-order valence-electron chi connectivity index (χ0n) is 11.2. The Morgan fingerprint density at radius 3 is 2.53 bits per heavy atom. The van der Waals surface area contributed by atoms with Gasteiger partial charge in [0, 0.05) is 24.8 Å². The molecule has 2 atom stereocenters. The molecule has 106 valence electrons. The van der Waals surface area contributed by atoms with Crippen LogP contribution in [0.1, 0.15) is 20.3 Å². The van der Waals surface area contributed by atoms with E-state index < -0.39 is 5.82 Å². The molecule has 0 amide bonds. The second kappa shape index (κ2) is 6.29. The fraction of sp³-hybridized carbons (Fsp3) is 0.571. The van der Waals surface area contributed by atoms with E-state index in [1.165, 1.54) is 0 Å². The third-order valence-electron chi connectivity index (χ3n) is 3.71. The van der Waals surface area contributed by atoms with E-state index in [0.717, 1.165) is 31.7 Å². The first-order valence-corrected chi connectivity index (χ1v) is 7.41. The first kappa shape index (κ1) is 14.9. The number of nitrogens with one attached hydrogen (secondary N) is 1. The SMILES string of the molecule is CCNC1CCN(c2cc(Cl)c(F)c(Cl)c2)CC1C. The highest BCUT2D eigenvalue weighted by molar-refractivity contribution is 6.35. The van der Waals surface area contributed by atoms with Gasteiger partial charge < -0.3 is 10.2 Å². The molecule has 0 bridgehead atoms. The van der Waals surface area contributed by atoms with Crippen molar-refractivity contribution in [3.05, 3.63) is 28.0 Å². The van der Waals surface area contributed by atoms with E-state index in [0.29, 0.717) is 12.0 Å². The molecule has 1 N–H and O–H groups in total. The van der Waals surface area contributed by atoms with E-state index in [9.17, 15) is 4.39 Å². The highest BCUT2D eigenvalue weighted by Gasteiger charge is 2.26. The highest BCUT2D eigenvalue weighted by Crippen LogP contribution is 2.31. The minimum absolute atomic E-state index is 0.0870. The second-order valence-electron chi connectivity index (χ2n) is 5.10. The Labute approximate surface area is 123 Å². The number of rotatable bonds is 3. The monoisotopic (exact) mass is 304 g/mol. The van der Waals surface area contributed by atoms with Gasteiger partial charge >= 0.3 is 0 Å². The summed E-state index contributed by atoms with van der Waals surface area (Å²) in [6, 6.07) is 3.86. The zero-order chi connectivity index (χ0) is 14.0. The summed E-state index contributed by atoms with van der Waals surface area (Å²) in [6.07, 6.45) is 1.07. The first-order chi connectivity index (χ1) is 9.02. The maximum Gasteiger partial charge on any atom is 0.160 e. The molecule has 5 heteroatoms. The van der Waals surface area contributed by atoms with Crippen molar-refractivity contribution in [2.45, 2.75) is 26.3 Å². The van der Waals surface area contributed by atoms with Crippen LogP contribution in [0, 0.1) is 11.7 Å². The summed E-state index contributed by atoms with van der Waals surface area (Å²) < 4.78 is 13.4. The number of halogens is 3. The largest absolute Gasteiger partial charge is 0.371 e. The Bertz CT molecular complexity index is 430. The molecule has 0 spiro atoms. The molecule has 2 rings (SSSR count). The van der Waals surface area contributed by atoms with Crippen LogP contribution in [0.3, 0.4) is 0 Å². The lowest BCUT2D eigenvalue weighted by molar-refractivity contribution is 0.327. The van der Waals surface area contributed by atoms with Crippen molar-refractivity contribution in [1.82, 2.24) is 5.32 Å². The lowest BCUT2D eigenvalue weighted by Gasteiger charge is -2.38. The predicted molar refractivity (Wildman–Crippen MR) is 79.9 cm³/mol. The third-order valence-corrected chi connectivity index (χ3v) is 4.26. The molecule has 1 aliphatic heterocycles. The predicted octanol–water partition coefficient (Wildman–Crippen LogP) is 3.96. The van der Waals surface area contributed by atoms with E-state index in [2.05, 4.69) is 24.1 Å². The number of hydrogen-bond donors (Lipinski definition) is 1. The molecule has 19 heavy (non-hydrogen) atoms. The Kier molecular flexibility index (Phi) is 4.93. The van der Waals surface area contributed by atoms with Crippen molar-refractivity contribution >= 4 is 28.9 Å². The van der Waals surface area contributed by atoms with Gasteiger partial charge in [-0.25, -0.2) is 4.39 Å². The second-order valence-corrected chi connectivity index (χ2v) is 5.91. The van der Waals surface area contributed by atoms with Crippen molar-refractivity contribution in [3.8, 4) is 0 Å². The fourth-order valence-corrected chi connectivity index (χ4v) is 3.15. The summed E-state index contributed by atoms with van der Waals surface area (Å²) in [5.41, 5.74) is 0.901. The topological polar surface area (TPSA) is 15.3 Å². The third kappa shape index (κ3) is 3.33. The molecular weight excluding hydrogens is 286 g/mol. The molecular formula is C14H19Cl2FN2. The lowest BCUT2D eigenvalue weighted by Crippen LogP contribution is -2.48. The van der Waals surface area contributed by atoms with Gasteiger partial charge in [-0.15, -0.1) is 0 Å². The summed E-state index contributed by atoms with van der Waals surface area (Å²) in [7, 11) is 0. The van der Waals surface area contributed by atoms with Crippen molar-refractivity contribution in [3.63, 3.8) is 0 Å². The molecule has 1 heterocycles. The maximum absolute atomic E-state index is 13.4. The fourth-order valence-electron chi connectivity index (χ4n) is 2.67. The Balaban J connectivity index is 2.12. The molecule has 0 aromatic heterocycles. The van der Waals surface area contributed by atoms with Crippen LogP contribution >= 0.6 is 23.2 Å². The average molecular weight is 305 g/mol. The van der Waals surface area contributed by atoms with E-state index >= 15 is 0 Å². The molecule has 1 saturated heterocycles. The van der Waals surface area contributed by atoms with Gasteiger partial charge in [0.25, 0.3) is 0 Å². The van der Waals surface area contributed by atoms with Gasteiger partial charge in [-0.3, -0.25) is 0 Å². The van der Waals surface area contributed by atoms with Crippen molar-refractivity contribution in [2.75, 3.05) is 24.5 Å². The Morgan fingerprint density at radius 1 is 1.37 bits per heavy atom. The molecule has 1 fully saturated rings. The van der Waals surface area contributed by atoms with Crippen molar-refractivity contribution in [2.24, 2.45) is 5.92 Å². The van der Waals surface area contributed by atoms with Crippen LogP contribution in [0.15, 0.2) is 12.1 Å². The number of nitrogens with zero attached hydrogens (tertiary/aromatic N) is 1. The molecule has 1 aromatic carbocycles. The van der Waals surface area contributed by atoms with Gasteiger partial charge in [-0.2, -0.15) is 0 Å². The molecule has 1 aliphatic rings. The smallest absolute Gasteiger partial charge is 0.160 e. The normalized spacial score (nSPS) is 23.7. The van der Waals surface area contributed by atoms with Gasteiger partial charge in [-0.05, 0) is 31.0 Å². The maximum atomic E-state index is 13.4. The molecule has 2 unspecified atom stereocenters. The van der Waals surface area contributed by atoms with Gasteiger partial charge in [-0.1, -0.05) is 37.0 Å². The van der Waals surface area contributed by atoms with Crippen molar-refractivity contribution in [1.29, 1.82) is 0 Å². The zero-order valence-corrected chi connectivity index (χ0v) is 12.7. The average Bonchev–Trinajstić information content (AvgIpc) is 2.38. The van der Waals surface area contributed by atoms with Crippen molar-refractivity contribution < 1.29 is 4.39 Å². The van der Waals surface area contributed by atoms with Crippen LogP contribution in [-0.4, -0.2) is 25.7 Å². The van der Waals surface area contributed by atoms with Crippen LogP contribution < -0.4 is 10.2 Å². The molecule has 1 aromatic rings. The van der Waals surface area contributed by atoms with E-state index in [1.807, 2.05) is 0 Å². The molecule has 0 radical (unpaired) electrons. The number of anilines is 1. The standard InChI is InChI=1S/C14H19Cl2FN2/c1-3-18-13-4-5-19(8-9(13)2)10-6-11(15)14(17)12(16)7-10/h6-7,9,13,18H,3-5,8H2,1-2H3. The highest BCUT2D eigenvalue weighted by atomic mass is 35.5. The van der Waals surface area contributed by atoms with Crippen LogP contribution in [0.5, 0.6) is 0 Å². The summed E-state index contributed by atoms with van der Waals surface area (Å²) in [5, 5.41) is 3.67. The molecule has 0 saturated carbocycles. The Hall–Kier alpha value is -0.510. The minimum atomic E-state index is -0.539. The number of piperidine rings is 1. The van der Waals surface area contributed by atoms with Gasteiger partial charge in [0.1, 0.15) is 0 Å². The van der Waals surface area contributed by atoms with E-state index in [1.54, 1.807) is 12.1 Å². The van der Waals surface area contributed by atoms with Crippen LogP contribution in [0.25, 0.3) is 0 Å². The Morgan fingerprint density at radius 2 is 2.00 bits per heavy atom. The minimum Gasteiger partial charge on any atom is -0.371 e. The van der Waals surface area contributed by atoms with E-state index in [-0.39, 0.29) is 10.0 Å². The van der Waals surface area contributed by atoms with E-state index in [4.69, 9.17) is 23.2 Å². The van der Waals surface area contributed by atoms with Gasteiger partial charge in [0.2, 0.25) is 0 Å². The first-order valence-electron chi connectivity index (χ1n) is 6.65. The number of benzene rings is 1. The van der Waals surface area contributed by atoms with Crippen LogP contribution in [-0.2, 0) is 0 Å². The molecule has 0 aliphatic carbocycles. The summed E-state index contributed by atoms with van der Waals surface area (Å²) >= 11 is 11.7. The van der Waals surface area contributed by atoms with Crippen LogP contribution in [0.2, 0.25) is 10.0 Å². The van der Waals surface area contributed by atoms with Gasteiger partial charge in [0.15, 0.2) is 5.82 Å². The number of hydrogen-bond acceptors (Lipinski definition) is 2. The van der Waals surface area contributed by atoms with Gasteiger partial charge in [0.05, 0.1) is 10.0 Å². The summed E-state index contributed by atoms with van der Waals surface area (Å²) in [4.78, 5) is 2.22. The van der Waals surface area contributed by atoms with Crippen LogP contribution in [0.4, 0.5) is 10.1 Å². The summed E-state index contributed by atoms with van der Waals surface area (Å²) in [6.45, 7) is 7.20. The lowest BCUT2D eigenvalue weighted by atomic mass is 9.93. The summed E-state index contributed by atoms with van der Waals surface area (Å²) in [5.74, 6) is -0.000952. The molecule has 2 nitrogen and oxygen atoms in total. The quantitative estimate of drug-likeness (QED) is 0.851.